The van der Waals surface area contributed by atoms with Crippen LogP contribution in [0.2, 0.25) is 0 Å². The van der Waals surface area contributed by atoms with Gasteiger partial charge in [0.25, 0.3) is 0 Å². The quantitative estimate of drug-likeness (QED) is 0.491. The van der Waals surface area contributed by atoms with E-state index in [9.17, 15) is 0 Å². The molecule has 26 heavy (non-hydrogen) atoms. The molecular weight excluding hydrogens is 320 g/mol. The van der Waals surface area contributed by atoms with Gasteiger partial charge < -0.3 is 9.30 Å². The van der Waals surface area contributed by atoms with Gasteiger partial charge in [-0.15, -0.1) is 0 Å². The van der Waals surface area contributed by atoms with Crippen molar-refractivity contribution in [2.75, 3.05) is 7.11 Å². The Morgan fingerprint density at radius 1 is 0.731 bits per heavy atom. The predicted molar refractivity (Wildman–Crippen MR) is 103 cm³/mol. The SMILES string of the molecule is COc1ccc(C(c2ccccc2)(c2ccccc2)n2ccnc2)cc1. The van der Waals surface area contributed by atoms with Crippen molar-refractivity contribution in [1.29, 1.82) is 0 Å². The van der Waals surface area contributed by atoms with Gasteiger partial charge in [0, 0.05) is 12.4 Å². The molecule has 0 atom stereocenters. The molecule has 0 amide bonds. The van der Waals surface area contributed by atoms with Crippen molar-refractivity contribution in [1.82, 2.24) is 9.55 Å². The Bertz CT molecular complexity index is 907. The summed E-state index contributed by atoms with van der Waals surface area (Å²) in [5.74, 6) is 0.842. The number of aromatic nitrogens is 2. The Morgan fingerprint density at radius 3 is 1.73 bits per heavy atom. The highest BCUT2D eigenvalue weighted by Crippen LogP contribution is 2.40. The van der Waals surface area contributed by atoms with Crippen molar-refractivity contribution in [2.45, 2.75) is 5.54 Å². The van der Waals surface area contributed by atoms with E-state index in [1.165, 1.54) is 11.1 Å². The van der Waals surface area contributed by atoms with E-state index in [-0.39, 0.29) is 0 Å². The monoisotopic (exact) mass is 340 g/mol. The summed E-state index contributed by atoms with van der Waals surface area (Å²) in [5.41, 5.74) is 2.99. The van der Waals surface area contributed by atoms with Crippen molar-refractivity contribution in [2.24, 2.45) is 0 Å². The van der Waals surface area contributed by atoms with E-state index in [4.69, 9.17) is 4.74 Å². The smallest absolute Gasteiger partial charge is 0.121 e. The van der Waals surface area contributed by atoms with Crippen LogP contribution in [0.3, 0.4) is 0 Å². The first-order chi connectivity index (χ1) is 12.9. The second-order valence-electron chi connectivity index (χ2n) is 6.14. The second-order valence-corrected chi connectivity index (χ2v) is 6.14. The van der Waals surface area contributed by atoms with E-state index in [1.807, 2.05) is 43.0 Å². The molecule has 3 heteroatoms. The lowest BCUT2D eigenvalue weighted by molar-refractivity contribution is 0.414. The van der Waals surface area contributed by atoms with Gasteiger partial charge in [0.05, 0.1) is 13.4 Å². The van der Waals surface area contributed by atoms with Gasteiger partial charge in [-0.1, -0.05) is 72.8 Å². The number of benzene rings is 3. The topological polar surface area (TPSA) is 27.1 Å². The first-order valence-electron chi connectivity index (χ1n) is 8.59. The summed E-state index contributed by atoms with van der Waals surface area (Å²) >= 11 is 0. The van der Waals surface area contributed by atoms with Gasteiger partial charge in [0.1, 0.15) is 11.3 Å². The Kier molecular flexibility index (Phi) is 4.28. The second kappa shape index (κ2) is 6.89. The van der Waals surface area contributed by atoms with E-state index >= 15 is 0 Å². The van der Waals surface area contributed by atoms with Gasteiger partial charge in [-0.3, -0.25) is 0 Å². The van der Waals surface area contributed by atoms with Crippen LogP contribution in [0.4, 0.5) is 0 Å². The van der Waals surface area contributed by atoms with E-state index in [1.54, 1.807) is 7.11 Å². The molecule has 3 aromatic carbocycles. The fraction of sp³-hybridized carbons (Fsp3) is 0.0870. The average molecular weight is 340 g/mol. The summed E-state index contributed by atoms with van der Waals surface area (Å²) in [6.45, 7) is 0. The zero-order chi connectivity index (χ0) is 17.8. The van der Waals surface area contributed by atoms with Gasteiger partial charge in [-0.05, 0) is 28.8 Å². The summed E-state index contributed by atoms with van der Waals surface area (Å²) < 4.78 is 7.53. The van der Waals surface area contributed by atoms with Crippen LogP contribution in [0.25, 0.3) is 0 Å². The highest BCUT2D eigenvalue weighted by molar-refractivity contribution is 5.51. The number of hydrogen-bond donors (Lipinski definition) is 0. The number of nitrogens with zero attached hydrogens (tertiary/aromatic N) is 2. The molecule has 0 fully saturated rings. The number of rotatable bonds is 5. The molecule has 0 aliphatic carbocycles. The summed E-state index contributed by atoms with van der Waals surface area (Å²) in [6, 6.07) is 29.3. The number of methoxy groups -OCH3 is 1. The standard InChI is InChI=1S/C23H20N2O/c1-26-22-14-12-21(13-15-22)23(25-17-16-24-18-25,19-8-4-2-5-9-19)20-10-6-3-7-11-20/h2-18H,1H3. The minimum absolute atomic E-state index is 0.509. The number of imidazole rings is 1. The van der Waals surface area contributed by atoms with Gasteiger partial charge in [0.15, 0.2) is 0 Å². The summed E-state index contributed by atoms with van der Waals surface area (Å²) in [6.07, 6.45) is 5.72. The third-order valence-corrected chi connectivity index (χ3v) is 4.78. The minimum Gasteiger partial charge on any atom is -0.497 e. The Labute approximate surface area is 153 Å². The molecule has 0 aliphatic rings. The molecule has 4 rings (SSSR count). The number of hydrogen-bond acceptors (Lipinski definition) is 2. The third-order valence-electron chi connectivity index (χ3n) is 4.78. The van der Waals surface area contributed by atoms with Crippen molar-refractivity contribution in [3.8, 4) is 5.75 Å². The summed E-state index contributed by atoms with van der Waals surface area (Å²) in [7, 11) is 1.69. The van der Waals surface area contributed by atoms with Gasteiger partial charge in [-0.25, -0.2) is 4.98 Å². The molecular formula is C23H20N2O. The van der Waals surface area contributed by atoms with Crippen molar-refractivity contribution < 1.29 is 4.74 Å². The molecule has 0 N–H and O–H groups in total. The molecule has 0 aliphatic heterocycles. The van der Waals surface area contributed by atoms with Crippen LogP contribution in [-0.2, 0) is 5.54 Å². The Morgan fingerprint density at radius 2 is 1.27 bits per heavy atom. The van der Waals surface area contributed by atoms with Crippen LogP contribution < -0.4 is 4.74 Å². The van der Waals surface area contributed by atoms with Gasteiger partial charge in [-0.2, -0.15) is 0 Å². The largest absolute Gasteiger partial charge is 0.497 e. The zero-order valence-electron chi connectivity index (χ0n) is 14.6. The molecule has 1 aromatic heterocycles. The molecule has 4 aromatic rings. The van der Waals surface area contributed by atoms with Crippen LogP contribution in [-0.4, -0.2) is 16.7 Å². The minimum atomic E-state index is -0.509. The van der Waals surface area contributed by atoms with Crippen molar-refractivity contribution >= 4 is 0 Å². The first kappa shape index (κ1) is 16.2. The number of ether oxygens (including phenoxy) is 1. The zero-order valence-corrected chi connectivity index (χ0v) is 14.6. The average Bonchev–Trinajstić information content (AvgIpc) is 3.26. The lowest BCUT2D eigenvalue weighted by atomic mass is 9.76. The Hall–Kier alpha value is -3.33. The van der Waals surface area contributed by atoms with Gasteiger partial charge in [0.2, 0.25) is 0 Å². The summed E-state index contributed by atoms with van der Waals surface area (Å²) in [4.78, 5) is 4.34. The molecule has 0 saturated carbocycles. The molecule has 0 spiro atoms. The van der Waals surface area contributed by atoms with E-state index in [2.05, 4.69) is 70.2 Å². The lowest BCUT2D eigenvalue weighted by Gasteiger charge is -2.37. The maximum atomic E-state index is 5.36. The summed E-state index contributed by atoms with van der Waals surface area (Å²) in [5, 5.41) is 0. The van der Waals surface area contributed by atoms with E-state index in [0.29, 0.717) is 0 Å². The lowest BCUT2D eigenvalue weighted by Crippen LogP contribution is -2.36. The molecule has 1 heterocycles. The molecule has 0 saturated heterocycles. The van der Waals surface area contributed by atoms with Crippen LogP contribution in [0.5, 0.6) is 5.75 Å². The fourth-order valence-corrected chi connectivity index (χ4v) is 3.60. The maximum absolute atomic E-state index is 5.36. The molecule has 3 nitrogen and oxygen atoms in total. The fourth-order valence-electron chi connectivity index (χ4n) is 3.60. The maximum Gasteiger partial charge on any atom is 0.121 e. The normalized spacial score (nSPS) is 11.3. The van der Waals surface area contributed by atoms with Crippen LogP contribution >= 0.6 is 0 Å². The molecule has 0 radical (unpaired) electrons. The predicted octanol–water partition coefficient (Wildman–Crippen LogP) is 4.73. The van der Waals surface area contributed by atoms with Crippen molar-refractivity contribution in [3.63, 3.8) is 0 Å². The van der Waals surface area contributed by atoms with Crippen molar-refractivity contribution in [3.05, 3.63) is 120 Å². The van der Waals surface area contributed by atoms with Crippen LogP contribution in [0, 0.1) is 0 Å². The highest BCUT2D eigenvalue weighted by atomic mass is 16.5. The molecule has 0 unspecified atom stereocenters. The molecule has 0 bridgehead atoms. The van der Waals surface area contributed by atoms with E-state index < -0.39 is 5.54 Å². The highest BCUT2D eigenvalue weighted by Gasteiger charge is 2.37. The van der Waals surface area contributed by atoms with Crippen LogP contribution in [0.15, 0.2) is 104 Å². The van der Waals surface area contributed by atoms with Gasteiger partial charge >= 0.3 is 0 Å². The van der Waals surface area contributed by atoms with E-state index in [0.717, 1.165) is 11.3 Å². The third kappa shape index (κ3) is 2.58. The van der Waals surface area contributed by atoms with Crippen LogP contribution in [0.1, 0.15) is 16.7 Å². The molecule has 128 valence electrons. The first-order valence-corrected chi connectivity index (χ1v) is 8.59. The Balaban J connectivity index is 2.07.